The van der Waals surface area contributed by atoms with Gasteiger partial charge in [-0.1, -0.05) is 24.3 Å². The summed E-state index contributed by atoms with van der Waals surface area (Å²) >= 11 is 0. The van der Waals surface area contributed by atoms with Gasteiger partial charge in [-0.25, -0.2) is 9.98 Å². The predicted octanol–water partition coefficient (Wildman–Crippen LogP) is 4.70. The van der Waals surface area contributed by atoms with E-state index in [1.807, 2.05) is 13.8 Å². The lowest BCUT2D eigenvalue weighted by Crippen LogP contribution is -2.41. The van der Waals surface area contributed by atoms with Crippen LogP contribution in [0, 0.1) is 5.92 Å². The van der Waals surface area contributed by atoms with Crippen LogP contribution in [0.2, 0.25) is 0 Å². The lowest BCUT2D eigenvalue weighted by atomic mass is 9.77. The number of carboxylic acids is 1. The van der Waals surface area contributed by atoms with Gasteiger partial charge in [-0.05, 0) is 63.0 Å². The lowest BCUT2D eigenvalue weighted by Gasteiger charge is -2.32. The minimum atomic E-state index is -0.687. The molecule has 0 radical (unpaired) electrons. The zero-order valence-corrected chi connectivity index (χ0v) is 16.9. The van der Waals surface area contributed by atoms with E-state index >= 15 is 0 Å². The Morgan fingerprint density at radius 3 is 2.52 bits per heavy atom. The first kappa shape index (κ1) is 19.4. The van der Waals surface area contributed by atoms with Gasteiger partial charge >= 0.3 is 5.97 Å². The van der Waals surface area contributed by atoms with E-state index in [9.17, 15) is 4.79 Å². The van der Waals surface area contributed by atoms with Crippen LogP contribution in [0.15, 0.2) is 41.5 Å². The third-order valence-electron chi connectivity index (χ3n) is 6.03. The first-order valence-electron chi connectivity index (χ1n) is 10.2. The molecule has 0 bridgehead atoms. The van der Waals surface area contributed by atoms with Crippen molar-refractivity contribution in [2.75, 3.05) is 5.73 Å². The molecule has 0 atom stereocenters. The van der Waals surface area contributed by atoms with Crippen LogP contribution in [0.1, 0.15) is 63.0 Å². The summed E-state index contributed by atoms with van der Waals surface area (Å²) in [7, 11) is 0. The van der Waals surface area contributed by atoms with Crippen LogP contribution >= 0.6 is 0 Å². The zero-order valence-electron chi connectivity index (χ0n) is 16.9. The number of nitrogens with zero attached hydrogens (tertiary/aromatic N) is 2. The fraction of sp³-hybridized carbons (Fsp3) is 0.435. The van der Waals surface area contributed by atoms with Crippen molar-refractivity contribution in [2.45, 2.75) is 57.5 Å². The van der Waals surface area contributed by atoms with E-state index in [0.29, 0.717) is 35.5 Å². The number of anilines is 1. The molecule has 1 aromatic heterocycles. The SMILES string of the molecule is CC1(C)Oc2nccc(N)c2N=C1c1ccc([C@H]2CC[C@H](CC(=O)O)CC2)cc1. The number of aliphatic carboxylic acids is 1. The summed E-state index contributed by atoms with van der Waals surface area (Å²) in [6.45, 7) is 3.97. The second kappa shape index (κ2) is 7.50. The largest absolute Gasteiger partial charge is 0.481 e. The number of carboxylic acid groups (broad SMARTS) is 1. The lowest BCUT2D eigenvalue weighted by molar-refractivity contribution is -0.138. The zero-order chi connectivity index (χ0) is 20.6. The highest BCUT2D eigenvalue weighted by atomic mass is 16.5. The maximum Gasteiger partial charge on any atom is 0.303 e. The van der Waals surface area contributed by atoms with E-state index in [0.717, 1.165) is 37.0 Å². The molecule has 1 aromatic carbocycles. The number of rotatable bonds is 4. The third-order valence-corrected chi connectivity index (χ3v) is 6.03. The summed E-state index contributed by atoms with van der Waals surface area (Å²) < 4.78 is 6.09. The highest BCUT2D eigenvalue weighted by molar-refractivity contribution is 6.09. The molecule has 1 saturated carbocycles. The molecule has 0 amide bonds. The Bertz CT molecular complexity index is 942. The number of aromatic nitrogens is 1. The molecule has 0 unspecified atom stereocenters. The summed E-state index contributed by atoms with van der Waals surface area (Å²) in [4.78, 5) is 20.0. The highest BCUT2D eigenvalue weighted by Gasteiger charge is 2.35. The second-order valence-electron chi connectivity index (χ2n) is 8.56. The fourth-order valence-corrected chi connectivity index (χ4v) is 4.44. The van der Waals surface area contributed by atoms with Crippen molar-refractivity contribution < 1.29 is 14.6 Å². The maximum atomic E-state index is 10.9. The molecule has 1 aliphatic carbocycles. The van der Waals surface area contributed by atoms with Gasteiger partial charge in [-0.2, -0.15) is 0 Å². The van der Waals surface area contributed by atoms with E-state index in [-0.39, 0.29) is 0 Å². The number of fused-ring (bicyclic) bond motifs is 1. The van der Waals surface area contributed by atoms with Gasteiger partial charge < -0.3 is 15.6 Å². The first-order valence-corrected chi connectivity index (χ1v) is 10.2. The van der Waals surface area contributed by atoms with Crippen molar-refractivity contribution in [3.05, 3.63) is 47.7 Å². The van der Waals surface area contributed by atoms with Gasteiger partial charge in [0.15, 0.2) is 0 Å². The van der Waals surface area contributed by atoms with Crippen molar-refractivity contribution in [1.82, 2.24) is 4.98 Å². The molecule has 2 aliphatic rings. The molecule has 1 aliphatic heterocycles. The smallest absolute Gasteiger partial charge is 0.303 e. The average molecular weight is 393 g/mol. The van der Waals surface area contributed by atoms with Crippen molar-refractivity contribution in [1.29, 1.82) is 0 Å². The number of carbonyl (C=O) groups is 1. The molecule has 152 valence electrons. The van der Waals surface area contributed by atoms with Crippen molar-refractivity contribution >= 4 is 23.1 Å². The normalized spacial score (nSPS) is 22.9. The molecule has 6 nitrogen and oxygen atoms in total. The number of hydrogen-bond donors (Lipinski definition) is 2. The van der Waals surface area contributed by atoms with Crippen molar-refractivity contribution in [3.63, 3.8) is 0 Å². The Morgan fingerprint density at radius 1 is 1.17 bits per heavy atom. The molecule has 29 heavy (non-hydrogen) atoms. The molecule has 4 rings (SSSR count). The number of aliphatic imine (C=N–C) groups is 1. The van der Waals surface area contributed by atoms with Crippen molar-refractivity contribution in [3.8, 4) is 5.88 Å². The van der Waals surface area contributed by atoms with E-state index < -0.39 is 11.6 Å². The van der Waals surface area contributed by atoms with E-state index in [1.165, 1.54) is 5.56 Å². The Balaban J connectivity index is 1.54. The number of benzene rings is 1. The first-order chi connectivity index (χ1) is 13.8. The predicted molar refractivity (Wildman–Crippen MR) is 113 cm³/mol. The van der Waals surface area contributed by atoms with E-state index in [2.05, 4.69) is 29.2 Å². The quantitative estimate of drug-likeness (QED) is 0.784. The van der Waals surface area contributed by atoms with Crippen LogP contribution in [-0.4, -0.2) is 27.4 Å². The Hall–Kier alpha value is -2.89. The van der Waals surface area contributed by atoms with Crippen LogP contribution in [0.5, 0.6) is 5.88 Å². The minimum absolute atomic E-state index is 0.292. The topological polar surface area (TPSA) is 97.8 Å². The van der Waals surface area contributed by atoms with E-state index in [4.69, 9.17) is 20.6 Å². The molecule has 6 heteroatoms. The monoisotopic (exact) mass is 393 g/mol. The van der Waals surface area contributed by atoms with Crippen LogP contribution < -0.4 is 10.5 Å². The highest BCUT2D eigenvalue weighted by Crippen LogP contribution is 2.40. The number of hydrogen-bond acceptors (Lipinski definition) is 5. The number of pyridine rings is 1. The molecule has 2 aromatic rings. The number of nitrogen functional groups attached to an aromatic ring is 1. The minimum Gasteiger partial charge on any atom is -0.481 e. The summed E-state index contributed by atoms with van der Waals surface area (Å²) in [6.07, 6.45) is 5.97. The molecular formula is C23H27N3O3. The van der Waals surface area contributed by atoms with Gasteiger partial charge in [0.25, 0.3) is 0 Å². The Morgan fingerprint density at radius 2 is 1.86 bits per heavy atom. The van der Waals surface area contributed by atoms with Gasteiger partial charge in [0.2, 0.25) is 5.88 Å². The molecule has 3 N–H and O–H groups in total. The Kier molecular flexibility index (Phi) is 5.03. The van der Waals surface area contributed by atoms with Crippen LogP contribution in [0.25, 0.3) is 0 Å². The average Bonchev–Trinajstić information content (AvgIpc) is 2.67. The van der Waals surface area contributed by atoms with Crippen molar-refractivity contribution in [2.24, 2.45) is 10.9 Å². The van der Waals surface area contributed by atoms with Gasteiger partial charge in [0, 0.05) is 18.2 Å². The summed E-state index contributed by atoms with van der Waals surface area (Å²) in [5, 5.41) is 8.99. The van der Waals surface area contributed by atoms with Gasteiger partial charge in [-0.15, -0.1) is 0 Å². The van der Waals surface area contributed by atoms with Crippen LogP contribution in [-0.2, 0) is 4.79 Å². The number of ether oxygens (including phenoxy) is 1. The van der Waals surface area contributed by atoms with Crippen LogP contribution in [0.3, 0.4) is 0 Å². The van der Waals surface area contributed by atoms with Crippen LogP contribution in [0.4, 0.5) is 11.4 Å². The summed E-state index contributed by atoms with van der Waals surface area (Å²) in [5.74, 6) is 0.589. The second-order valence-corrected chi connectivity index (χ2v) is 8.56. The van der Waals surface area contributed by atoms with Gasteiger partial charge in [0.1, 0.15) is 11.3 Å². The molecule has 0 saturated heterocycles. The number of nitrogens with two attached hydrogens (primary N) is 1. The molecular weight excluding hydrogens is 366 g/mol. The molecule has 0 spiro atoms. The fourth-order valence-electron chi connectivity index (χ4n) is 4.44. The maximum absolute atomic E-state index is 10.9. The van der Waals surface area contributed by atoms with Gasteiger partial charge in [-0.3, -0.25) is 4.79 Å². The third kappa shape index (κ3) is 3.97. The summed E-state index contributed by atoms with van der Waals surface area (Å²) in [5.41, 5.74) is 9.75. The molecule has 2 heterocycles. The standard InChI is InChI=1S/C23H27N3O3/c1-23(2)21(26-20-18(24)11-12-25-22(20)29-23)17-9-7-16(8-10-17)15-5-3-14(4-6-15)13-19(27)28/h7-12,14-15H,3-6,13H2,1-2H3,(H2,24,25)(H,27,28)/t14-,15-. The Labute approximate surface area is 170 Å². The molecule has 1 fully saturated rings. The van der Waals surface area contributed by atoms with Gasteiger partial charge in [0.05, 0.1) is 11.4 Å². The van der Waals surface area contributed by atoms with E-state index in [1.54, 1.807) is 12.3 Å². The summed E-state index contributed by atoms with van der Waals surface area (Å²) in [6, 6.07) is 10.3.